The fraction of sp³-hybridized carbons (Fsp3) is 0.231. The Kier molecular flexibility index (Phi) is 2.83. The molecule has 0 atom stereocenters. The van der Waals surface area contributed by atoms with E-state index in [4.69, 9.17) is 0 Å². The van der Waals surface area contributed by atoms with E-state index in [0.717, 1.165) is 22.4 Å². The van der Waals surface area contributed by atoms with Gasteiger partial charge in [-0.3, -0.25) is 9.67 Å². The molecule has 0 aliphatic heterocycles. The van der Waals surface area contributed by atoms with Crippen molar-refractivity contribution in [3.8, 4) is 0 Å². The summed E-state index contributed by atoms with van der Waals surface area (Å²) in [5.41, 5.74) is 3.18. The predicted octanol–water partition coefficient (Wildman–Crippen LogP) is 1.68. The van der Waals surface area contributed by atoms with Crippen LogP contribution in [0.3, 0.4) is 0 Å². The summed E-state index contributed by atoms with van der Waals surface area (Å²) < 4.78 is 1.74. The molecule has 0 spiro atoms. The van der Waals surface area contributed by atoms with Crippen LogP contribution in [0.5, 0.6) is 0 Å². The summed E-state index contributed by atoms with van der Waals surface area (Å²) >= 11 is 0. The van der Waals surface area contributed by atoms with E-state index >= 15 is 0 Å². The number of nitrogens with one attached hydrogen (secondary N) is 1. The third-order valence-corrected chi connectivity index (χ3v) is 3.11. The van der Waals surface area contributed by atoms with Crippen molar-refractivity contribution < 1.29 is 0 Å². The normalized spacial score (nSPS) is 10.8. The van der Waals surface area contributed by atoms with Crippen molar-refractivity contribution in [2.24, 2.45) is 7.05 Å². The lowest BCUT2D eigenvalue weighted by molar-refractivity contribution is 0.785. The summed E-state index contributed by atoms with van der Waals surface area (Å²) in [5, 5.41) is 8.45. The van der Waals surface area contributed by atoms with Crippen molar-refractivity contribution >= 4 is 16.9 Å². The molecule has 6 nitrogen and oxygen atoms in total. The minimum atomic E-state index is 0.704. The van der Waals surface area contributed by atoms with Crippen LogP contribution in [0.1, 0.15) is 11.1 Å². The van der Waals surface area contributed by atoms with Gasteiger partial charge in [0.15, 0.2) is 5.65 Å². The van der Waals surface area contributed by atoms with Crippen molar-refractivity contribution in [2.75, 3.05) is 5.32 Å². The van der Waals surface area contributed by atoms with Gasteiger partial charge in [-0.25, -0.2) is 9.97 Å². The first-order chi connectivity index (χ1) is 9.25. The van der Waals surface area contributed by atoms with Gasteiger partial charge in [-0.2, -0.15) is 5.10 Å². The molecule has 0 aliphatic rings. The maximum absolute atomic E-state index is 4.27. The van der Waals surface area contributed by atoms with E-state index in [2.05, 4.69) is 25.4 Å². The fourth-order valence-electron chi connectivity index (χ4n) is 1.98. The summed E-state index contributed by atoms with van der Waals surface area (Å²) in [6, 6.07) is 2.00. The topological polar surface area (TPSA) is 68.5 Å². The van der Waals surface area contributed by atoms with Crippen molar-refractivity contribution in [1.82, 2.24) is 24.7 Å². The molecule has 0 aromatic carbocycles. The molecule has 1 N–H and O–H groups in total. The van der Waals surface area contributed by atoms with E-state index in [1.807, 2.05) is 26.2 Å². The van der Waals surface area contributed by atoms with Crippen LogP contribution in [0, 0.1) is 6.92 Å². The van der Waals surface area contributed by atoms with Crippen LogP contribution in [0.15, 0.2) is 31.0 Å². The molecule has 3 heterocycles. The number of aromatic nitrogens is 5. The van der Waals surface area contributed by atoms with Gasteiger partial charge < -0.3 is 5.32 Å². The van der Waals surface area contributed by atoms with Gasteiger partial charge in [-0.15, -0.1) is 0 Å². The zero-order valence-corrected chi connectivity index (χ0v) is 10.8. The maximum Gasteiger partial charge on any atom is 0.163 e. The molecule has 3 rings (SSSR count). The predicted molar refractivity (Wildman–Crippen MR) is 72.6 cm³/mol. The molecule has 0 saturated heterocycles. The van der Waals surface area contributed by atoms with Crippen LogP contribution in [0.2, 0.25) is 0 Å². The third-order valence-electron chi connectivity index (χ3n) is 3.11. The number of pyridine rings is 1. The fourth-order valence-corrected chi connectivity index (χ4v) is 1.98. The van der Waals surface area contributed by atoms with E-state index in [1.165, 1.54) is 5.56 Å². The molecule has 3 aromatic heterocycles. The Morgan fingerprint density at radius 2 is 2.16 bits per heavy atom. The molecular weight excluding hydrogens is 240 g/mol. The lowest BCUT2D eigenvalue weighted by atomic mass is 10.1. The highest BCUT2D eigenvalue weighted by Crippen LogP contribution is 2.18. The lowest BCUT2D eigenvalue weighted by Crippen LogP contribution is -2.04. The van der Waals surface area contributed by atoms with E-state index in [-0.39, 0.29) is 0 Å². The van der Waals surface area contributed by atoms with Gasteiger partial charge in [0.1, 0.15) is 12.1 Å². The van der Waals surface area contributed by atoms with Crippen molar-refractivity contribution in [2.45, 2.75) is 13.5 Å². The zero-order valence-electron chi connectivity index (χ0n) is 10.8. The number of hydrogen-bond acceptors (Lipinski definition) is 5. The molecular formula is C13H14N6. The largest absolute Gasteiger partial charge is 0.365 e. The highest BCUT2D eigenvalue weighted by Gasteiger charge is 2.07. The maximum atomic E-state index is 4.27. The molecule has 0 fully saturated rings. The highest BCUT2D eigenvalue weighted by atomic mass is 15.3. The second-order valence-corrected chi connectivity index (χ2v) is 4.38. The zero-order chi connectivity index (χ0) is 13.2. The summed E-state index contributed by atoms with van der Waals surface area (Å²) in [5.74, 6) is 0.800. The Bertz CT molecular complexity index is 718. The first-order valence-electron chi connectivity index (χ1n) is 6.02. The number of fused-ring (bicyclic) bond motifs is 1. The molecule has 0 saturated carbocycles. The first kappa shape index (κ1) is 11.6. The SMILES string of the molecule is Cc1cnccc1CNc1ncnc2c1cnn2C. The average molecular weight is 254 g/mol. The average Bonchev–Trinajstić information content (AvgIpc) is 2.81. The quantitative estimate of drug-likeness (QED) is 0.770. The van der Waals surface area contributed by atoms with Crippen LogP contribution in [-0.2, 0) is 13.6 Å². The number of rotatable bonds is 3. The number of nitrogens with zero attached hydrogens (tertiary/aromatic N) is 5. The second kappa shape index (κ2) is 4.64. The van der Waals surface area contributed by atoms with Gasteiger partial charge in [0.2, 0.25) is 0 Å². The Hall–Kier alpha value is -2.50. The van der Waals surface area contributed by atoms with Crippen LogP contribution < -0.4 is 5.32 Å². The first-order valence-corrected chi connectivity index (χ1v) is 6.02. The van der Waals surface area contributed by atoms with Gasteiger partial charge >= 0.3 is 0 Å². The van der Waals surface area contributed by atoms with Crippen molar-refractivity contribution in [1.29, 1.82) is 0 Å². The number of anilines is 1. The van der Waals surface area contributed by atoms with E-state index in [9.17, 15) is 0 Å². The highest BCUT2D eigenvalue weighted by molar-refractivity contribution is 5.85. The van der Waals surface area contributed by atoms with E-state index in [1.54, 1.807) is 23.4 Å². The molecule has 0 radical (unpaired) electrons. The van der Waals surface area contributed by atoms with Crippen molar-refractivity contribution in [3.63, 3.8) is 0 Å². The smallest absolute Gasteiger partial charge is 0.163 e. The summed E-state index contributed by atoms with van der Waals surface area (Å²) in [4.78, 5) is 12.6. The minimum absolute atomic E-state index is 0.704. The minimum Gasteiger partial charge on any atom is -0.365 e. The molecule has 0 bridgehead atoms. The van der Waals surface area contributed by atoms with Crippen molar-refractivity contribution in [3.05, 3.63) is 42.1 Å². The summed E-state index contributed by atoms with van der Waals surface area (Å²) in [6.45, 7) is 2.75. The Morgan fingerprint density at radius 1 is 1.26 bits per heavy atom. The number of hydrogen-bond donors (Lipinski definition) is 1. The molecule has 0 unspecified atom stereocenters. The van der Waals surface area contributed by atoms with Gasteiger partial charge in [0.05, 0.1) is 11.6 Å². The van der Waals surface area contributed by atoms with E-state index in [0.29, 0.717) is 6.54 Å². The third kappa shape index (κ3) is 2.12. The molecule has 6 heteroatoms. The lowest BCUT2D eigenvalue weighted by Gasteiger charge is -2.08. The summed E-state index contributed by atoms with van der Waals surface area (Å²) in [6.07, 6.45) is 6.98. The standard InChI is InChI=1S/C13H14N6/c1-9-5-14-4-3-10(9)6-15-12-11-7-18-19(2)13(11)17-8-16-12/h3-5,7-8H,6H2,1-2H3,(H,15,16,17). The van der Waals surface area contributed by atoms with E-state index < -0.39 is 0 Å². The van der Waals surface area contributed by atoms with Crippen LogP contribution in [0.25, 0.3) is 11.0 Å². The monoisotopic (exact) mass is 254 g/mol. The van der Waals surface area contributed by atoms with Crippen LogP contribution >= 0.6 is 0 Å². The number of aryl methyl sites for hydroxylation is 2. The van der Waals surface area contributed by atoms with Crippen LogP contribution in [0.4, 0.5) is 5.82 Å². The Morgan fingerprint density at radius 3 is 3.00 bits per heavy atom. The molecule has 19 heavy (non-hydrogen) atoms. The van der Waals surface area contributed by atoms with Gasteiger partial charge in [0.25, 0.3) is 0 Å². The van der Waals surface area contributed by atoms with Gasteiger partial charge in [-0.05, 0) is 24.1 Å². The Balaban J connectivity index is 1.88. The second-order valence-electron chi connectivity index (χ2n) is 4.38. The van der Waals surface area contributed by atoms with Gasteiger partial charge in [0, 0.05) is 26.0 Å². The molecule has 0 amide bonds. The molecule has 96 valence electrons. The molecule has 3 aromatic rings. The Labute approximate surface area is 110 Å². The summed E-state index contributed by atoms with van der Waals surface area (Å²) in [7, 11) is 1.87. The van der Waals surface area contributed by atoms with Crippen LogP contribution in [-0.4, -0.2) is 24.7 Å². The molecule has 0 aliphatic carbocycles. The van der Waals surface area contributed by atoms with Gasteiger partial charge in [-0.1, -0.05) is 0 Å².